The van der Waals surface area contributed by atoms with Gasteiger partial charge in [-0.3, -0.25) is 4.79 Å². The summed E-state index contributed by atoms with van der Waals surface area (Å²) in [6.45, 7) is 0.258. The third kappa shape index (κ3) is 1.70. The molecule has 1 aliphatic carbocycles. The van der Waals surface area contributed by atoms with Crippen LogP contribution in [0.1, 0.15) is 29.0 Å². The Kier molecular flexibility index (Phi) is 2.52. The molecule has 0 fully saturated rings. The third-order valence-corrected chi connectivity index (χ3v) is 4.06. The number of ketones is 1. The Morgan fingerprint density at radius 1 is 0.950 bits per heavy atom. The summed E-state index contributed by atoms with van der Waals surface area (Å²) in [7, 11) is 0. The first kappa shape index (κ1) is 11.5. The molecule has 0 radical (unpaired) electrons. The van der Waals surface area contributed by atoms with E-state index in [0.717, 1.165) is 29.0 Å². The highest BCUT2D eigenvalue weighted by atomic mass is 16.7. The largest absolute Gasteiger partial charge is 0.454 e. The molecule has 3 nitrogen and oxygen atoms in total. The second kappa shape index (κ2) is 4.37. The van der Waals surface area contributed by atoms with Crippen molar-refractivity contribution in [3.63, 3.8) is 0 Å². The van der Waals surface area contributed by atoms with Gasteiger partial charge < -0.3 is 9.47 Å². The summed E-state index contributed by atoms with van der Waals surface area (Å²) in [5.41, 5.74) is 3.39. The minimum Gasteiger partial charge on any atom is -0.454 e. The zero-order valence-electron chi connectivity index (χ0n) is 11.0. The second-order valence-corrected chi connectivity index (χ2v) is 5.21. The van der Waals surface area contributed by atoms with Gasteiger partial charge in [0.1, 0.15) is 5.78 Å². The highest BCUT2D eigenvalue weighted by Gasteiger charge is 2.29. The highest BCUT2D eigenvalue weighted by molar-refractivity contribution is 5.91. The lowest BCUT2D eigenvalue weighted by Gasteiger charge is -2.24. The van der Waals surface area contributed by atoms with Crippen molar-refractivity contribution >= 4 is 5.78 Å². The van der Waals surface area contributed by atoms with Gasteiger partial charge in [-0.2, -0.15) is 0 Å². The summed E-state index contributed by atoms with van der Waals surface area (Å²) in [6, 6.07) is 14.0. The lowest BCUT2D eigenvalue weighted by Crippen LogP contribution is -2.21. The van der Waals surface area contributed by atoms with Crippen molar-refractivity contribution in [3.8, 4) is 11.5 Å². The van der Waals surface area contributed by atoms with E-state index in [1.54, 1.807) is 0 Å². The van der Waals surface area contributed by atoms with E-state index < -0.39 is 0 Å². The van der Waals surface area contributed by atoms with Crippen LogP contribution in [0.5, 0.6) is 11.5 Å². The van der Waals surface area contributed by atoms with Crippen LogP contribution < -0.4 is 9.47 Å². The van der Waals surface area contributed by atoms with E-state index in [4.69, 9.17) is 9.47 Å². The second-order valence-electron chi connectivity index (χ2n) is 5.21. The van der Waals surface area contributed by atoms with E-state index >= 15 is 0 Å². The molecule has 20 heavy (non-hydrogen) atoms. The number of ether oxygens (including phenoxy) is 2. The number of carbonyl (C=O) groups excluding carboxylic acids is 1. The first-order valence-electron chi connectivity index (χ1n) is 6.83. The van der Waals surface area contributed by atoms with E-state index in [-0.39, 0.29) is 18.5 Å². The Labute approximate surface area is 117 Å². The van der Waals surface area contributed by atoms with Gasteiger partial charge in [-0.15, -0.1) is 0 Å². The molecular weight excluding hydrogens is 252 g/mol. The Morgan fingerprint density at radius 3 is 2.75 bits per heavy atom. The van der Waals surface area contributed by atoms with E-state index in [9.17, 15) is 4.79 Å². The highest BCUT2D eigenvalue weighted by Crippen LogP contribution is 2.39. The fraction of sp³-hybridized carbons (Fsp3) is 0.235. The van der Waals surface area contributed by atoms with Gasteiger partial charge in [0.15, 0.2) is 11.5 Å². The lowest BCUT2D eigenvalue weighted by molar-refractivity contribution is -0.120. The topological polar surface area (TPSA) is 35.5 Å². The van der Waals surface area contributed by atoms with Crippen molar-refractivity contribution in [1.29, 1.82) is 0 Å². The average molecular weight is 266 g/mol. The molecule has 3 heteroatoms. The summed E-state index contributed by atoms with van der Waals surface area (Å²) in [5.74, 6) is 1.60. The monoisotopic (exact) mass is 266 g/mol. The zero-order valence-corrected chi connectivity index (χ0v) is 11.0. The van der Waals surface area contributed by atoms with Gasteiger partial charge >= 0.3 is 0 Å². The number of hydrogen-bond donors (Lipinski definition) is 0. The van der Waals surface area contributed by atoms with Gasteiger partial charge in [-0.1, -0.05) is 30.3 Å². The summed E-state index contributed by atoms with van der Waals surface area (Å²) in [5, 5.41) is 0. The quantitative estimate of drug-likeness (QED) is 0.795. The third-order valence-electron chi connectivity index (χ3n) is 4.06. The smallest absolute Gasteiger partial charge is 0.231 e. The zero-order chi connectivity index (χ0) is 13.5. The number of carbonyl (C=O) groups is 1. The molecule has 2 aliphatic rings. The van der Waals surface area contributed by atoms with Crippen molar-refractivity contribution < 1.29 is 14.3 Å². The van der Waals surface area contributed by atoms with Crippen LogP contribution in [0.3, 0.4) is 0 Å². The SMILES string of the molecule is O=C1CCc2ccccc2C1c1ccc2c(c1)OCO2. The molecule has 0 spiro atoms. The van der Waals surface area contributed by atoms with Crippen molar-refractivity contribution in [2.75, 3.05) is 6.79 Å². The van der Waals surface area contributed by atoms with Gasteiger partial charge in [0, 0.05) is 6.42 Å². The minimum absolute atomic E-state index is 0.172. The van der Waals surface area contributed by atoms with Crippen molar-refractivity contribution in [2.45, 2.75) is 18.8 Å². The van der Waals surface area contributed by atoms with E-state index in [1.807, 2.05) is 30.3 Å². The van der Waals surface area contributed by atoms with Gasteiger partial charge in [0.2, 0.25) is 6.79 Å². The van der Waals surface area contributed by atoms with Gasteiger partial charge in [-0.05, 0) is 35.2 Å². The van der Waals surface area contributed by atoms with Gasteiger partial charge in [-0.25, -0.2) is 0 Å². The Morgan fingerprint density at radius 2 is 1.80 bits per heavy atom. The van der Waals surface area contributed by atoms with Crippen LogP contribution >= 0.6 is 0 Å². The Hall–Kier alpha value is -2.29. The van der Waals surface area contributed by atoms with Crippen LogP contribution in [0, 0.1) is 0 Å². The maximum atomic E-state index is 12.4. The molecule has 2 aromatic carbocycles. The first-order valence-corrected chi connectivity index (χ1v) is 6.83. The van der Waals surface area contributed by atoms with Crippen LogP contribution in [-0.2, 0) is 11.2 Å². The van der Waals surface area contributed by atoms with Crippen molar-refractivity contribution in [3.05, 3.63) is 59.2 Å². The fourth-order valence-electron chi connectivity index (χ4n) is 3.08. The molecule has 1 heterocycles. The summed E-state index contributed by atoms with van der Waals surface area (Å²) in [4.78, 5) is 12.4. The van der Waals surface area contributed by atoms with E-state index in [1.165, 1.54) is 5.56 Å². The maximum Gasteiger partial charge on any atom is 0.231 e. The number of aryl methyl sites for hydroxylation is 1. The molecule has 0 N–H and O–H groups in total. The summed E-state index contributed by atoms with van der Waals surface area (Å²) < 4.78 is 10.7. The number of benzene rings is 2. The molecule has 4 rings (SSSR count). The predicted octanol–water partition coefficient (Wildman–Crippen LogP) is 3.06. The molecule has 100 valence electrons. The Bertz CT molecular complexity index is 690. The Balaban J connectivity index is 1.83. The number of fused-ring (bicyclic) bond motifs is 2. The van der Waals surface area contributed by atoms with Crippen LogP contribution in [0.2, 0.25) is 0 Å². The number of Topliss-reactive ketones (excluding diaryl/α,β-unsaturated/α-hetero) is 1. The van der Waals surface area contributed by atoms with E-state index in [2.05, 4.69) is 12.1 Å². The molecule has 0 amide bonds. The molecule has 0 saturated heterocycles. The van der Waals surface area contributed by atoms with Gasteiger partial charge in [0.25, 0.3) is 0 Å². The maximum absolute atomic E-state index is 12.4. The molecule has 1 unspecified atom stereocenters. The van der Waals surface area contributed by atoms with Crippen LogP contribution in [-0.4, -0.2) is 12.6 Å². The first-order chi connectivity index (χ1) is 9.83. The predicted molar refractivity (Wildman–Crippen MR) is 74.2 cm³/mol. The molecule has 0 aromatic heterocycles. The molecule has 2 aromatic rings. The molecule has 1 aliphatic heterocycles. The summed E-state index contributed by atoms with van der Waals surface area (Å²) in [6.07, 6.45) is 1.45. The molecular formula is C17H14O3. The molecule has 1 atom stereocenters. The molecule has 0 saturated carbocycles. The van der Waals surface area contributed by atoms with Crippen LogP contribution in [0.15, 0.2) is 42.5 Å². The standard InChI is InChI=1S/C17H14O3/c18-14-7-5-11-3-1-2-4-13(11)17(14)12-6-8-15-16(9-12)20-10-19-15/h1-4,6,8-9,17H,5,7,10H2. The van der Waals surface area contributed by atoms with Gasteiger partial charge in [0.05, 0.1) is 5.92 Å². The van der Waals surface area contributed by atoms with Crippen molar-refractivity contribution in [1.82, 2.24) is 0 Å². The number of rotatable bonds is 1. The molecule has 0 bridgehead atoms. The fourth-order valence-corrected chi connectivity index (χ4v) is 3.08. The van der Waals surface area contributed by atoms with E-state index in [0.29, 0.717) is 6.42 Å². The minimum atomic E-state index is -0.172. The van der Waals surface area contributed by atoms with Crippen molar-refractivity contribution in [2.24, 2.45) is 0 Å². The van der Waals surface area contributed by atoms with Crippen LogP contribution in [0.25, 0.3) is 0 Å². The average Bonchev–Trinajstić information content (AvgIpc) is 2.94. The normalized spacial score (nSPS) is 19.8. The summed E-state index contributed by atoms with van der Waals surface area (Å²) >= 11 is 0. The number of hydrogen-bond acceptors (Lipinski definition) is 3. The van der Waals surface area contributed by atoms with Crippen LogP contribution in [0.4, 0.5) is 0 Å². The lowest BCUT2D eigenvalue weighted by atomic mass is 9.78.